The van der Waals surface area contributed by atoms with Gasteiger partial charge in [0.05, 0.1) is 11.1 Å². The highest BCUT2D eigenvalue weighted by molar-refractivity contribution is 6.24. The third-order valence-electron chi connectivity index (χ3n) is 5.99. The lowest BCUT2D eigenvalue weighted by molar-refractivity contribution is -0.136. The van der Waals surface area contributed by atoms with Crippen molar-refractivity contribution in [2.24, 2.45) is 11.7 Å². The first-order chi connectivity index (χ1) is 14.9. The van der Waals surface area contributed by atoms with Gasteiger partial charge >= 0.3 is 0 Å². The minimum Gasteiger partial charge on any atom is -0.483 e. The molecule has 3 N–H and O–H groups in total. The van der Waals surface area contributed by atoms with E-state index in [2.05, 4.69) is 5.32 Å². The van der Waals surface area contributed by atoms with E-state index in [1.165, 1.54) is 12.1 Å². The summed E-state index contributed by atoms with van der Waals surface area (Å²) in [5.74, 6) is -2.23. The van der Waals surface area contributed by atoms with E-state index in [9.17, 15) is 24.0 Å². The van der Waals surface area contributed by atoms with Crippen molar-refractivity contribution < 1.29 is 28.7 Å². The summed E-state index contributed by atoms with van der Waals surface area (Å²) in [5.41, 5.74) is 5.86. The molecule has 3 aliphatic rings. The van der Waals surface area contributed by atoms with Gasteiger partial charge in [0.15, 0.2) is 6.61 Å². The van der Waals surface area contributed by atoms with E-state index >= 15 is 0 Å². The van der Waals surface area contributed by atoms with Gasteiger partial charge in [-0.2, -0.15) is 0 Å². The third kappa shape index (κ3) is 3.90. The normalized spacial score (nSPS) is 23.6. The Morgan fingerprint density at radius 1 is 1.16 bits per heavy atom. The molecule has 2 atom stereocenters. The molecule has 0 aromatic heterocycles. The number of imide groups is 2. The lowest BCUT2D eigenvalue weighted by Crippen LogP contribution is -2.54. The Labute approximate surface area is 178 Å². The standard InChI is InChI=1S/C21H24N4O6/c22-9-12-3-2-8-24(10-12)17(27)11-31-15-5-1-4-13-18(15)21(30)25(20(13)29)14-6-7-16(26)23-19(14)28/h1,4-5,12,14H,2-3,6-11,22H2,(H,23,26,28). The number of ether oxygens (including phenoxy) is 1. The largest absolute Gasteiger partial charge is 0.483 e. The van der Waals surface area contributed by atoms with Crippen molar-refractivity contribution in [1.82, 2.24) is 15.1 Å². The Balaban J connectivity index is 1.49. The molecule has 0 saturated carbocycles. The zero-order valence-corrected chi connectivity index (χ0v) is 17.0. The van der Waals surface area contributed by atoms with Crippen molar-refractivity contribution in [3.8, 4) is 5.75 Å². The smallest absolute Gasteiger partial charge is 0.266 e. The second kappa shape index (κ2) is 8.46. The first-order valence-corrected chi connectivity index (χ1v) is 10.4. The molecule has 4 rings (SSSR count). The summed E-state index contributed by atoms with van der Waals surface area (Å²) in [4.78, 5) is 64.6. The predicted octanol–water partition coefficient (Wildman–Crippen LogP) is -0.336. The Hall–Kier alpha value is -3.27. The number of benzene rings is 1. The van der Waals surface area contributed by atoms with Crippen LogP contribution in [0, 0.1) is 5.92 Å². The second-order valence-corrected chi connectivity index (χ2v) is 8.00. The SMILES string of the molecule is NCC1CCCN(C(=O)COc2cccc3c2C(=O)N(C2CCC(=O)NC2=O)C3=O)C1. The molecule has 2 fully saturated rings. The number of nitrogens with one attached hydrogen (secondary N) is 1. The molecular formula is C21H24N4O6. The zero-order chi connectivity index (χ0) is 22.1. The average Bonchev–Trinajstić information content (AvgIpc) is 3.03. The molecule has 10 heteroatoms. The van der Waals surface area contributed by atoms with Crippen LogP contribution >= 0.6 is 0 Å². The fourth-order valence-electron chi connectivity index (χ4n) is 4.32. The van der Waals surface area contributed by atoms with Crippen LogP contribution in [0.3, 0.4) is 0 Å². The number of hydrogen-bond donors (Lipinski definition) is 2. The average molecular weight is 428 g/mol. The number of likely N-dealkylation sites (tertiary alicyclic amines) is 1. The van der Waals surface area contributed by atoms with Gasteiger partial charge in [-0.1, -0.05) is 6.07 Å². The summed E-state index contributed by atoms with van der Waals surface area (Å²) < 4.78 is 5.65. The maximum atomic E-state index is 13.0. The van der Waals surface area contributed by atoms with E-state index in [1.54, 1.807) is 11.0 Å². The van der Waals surface area contributed by atoms with Crippen LogP contribution < -0.4 is 15.8 Å². The maximum absolute atomic E-state index is 13.0. The van der Waals surface area contributed by atoms with Gasteiger partial charge in [-0.25, -0.2) is 0 Å². The topological polar surface area (TPSA) is 139 Å². The highest BCUT2D eigenvalue weighted by Gasteiger charge is 2.46. The number of amides is 5. The van der Waals surface area contributed by atoms with E-state index in [0.717, 1.165) is 17.7 Å². The van der Waals surface area contributed by atoms with Gasteiger partial charge < -0.3 is 15.4 Å². The van der Waals surface area contributed by atoms with Crippen molar-refractivity contribution in [3.05, 3.63) is 29.3 Å². The van der Waals surface area contributed by atoms with E-state index < -0.39 is 29.7 Å². The first kappa shape index (κ1) is 21.0. The maximum Gasteiger partial charge on any atom is 0.266 e. The number of piperidine rings is 2. The van der Waals surface area contributed by atoms with Gasteiger partial charge in [-0.15, -0.1) is 0 Å². The molecule has 3 aliphatic heterocycles. The molecule has 2 saturated heterocycles. The van der Waals surface area contributed by atoms with Crippen LogP contribution in [0.5, 0.6) is 5.75 Å². The zero-order valence-electron chi connectivity index (χ0n) is 17.0. The number of nitrogens with two attached hydrogens (primary N) is 1. The summed E-state index contributed by atoms with van der Waals surface area (Å²) in [6, 6.07) is 3.50. The minimum absolute atomic E-state index is 0.0310. The van der Waals surface area contributed by atoms with Crippen molar-refractivity contribution in [2.75, 3.05) is 26.2 Å². The molecule has 10 nitrogen and oxygen atoms in total. The van der Waals surface area contributed by atoms with Crippen molar-refractivity contribution in [1.29, 1.82) is 0 Å². The summed E-state index contributed by atoms with van der Waals surface area (Å²) in [6.45, 7) is 1.45. The molecular weight excluding hydrogens is 404 g/mol. The Morgan fingerprint density at radius 3 is 2.71 bits per heavy atom. The van der Waals surface area contributed by atoms with Crippen LogP contribution in [0.1, 0.15) is 46.4 Å². The van der Waals surface area contributed by atoms with E-state index in [0.29, 0.717) is 19.6 Å². The second-order valence-electron chi connectivity index (χ2n) is 8.00. The predicted molar refractivity (Wildman–Crippen MR) is 107 cm³/mol. The van der Waals surface area contributed by atoms with Crippen LogP contribution in [-0.2, 0) is 14.4 Å². The van der Waals surface area contributed by atoms with Crippen molar-refractivity contribution in [3.63, 3.8) is 0 Å². The number of carbonyl (C=O) groups excluding carboxylic acids is 5. The van der Waals surface area contributed by atoms with Crippen LogP contribution in [0.15, 0.2) is 18.2 Å². The molecule has 3 heterocycles. The van der Waals surface area contributed by atoms with Gasteiger partial charge in [0.2, 0.25) is 11.8 Å². The number of carbonyl (C=O) groups is 5. The Kier molecular flexibility index (Phi) is 5.73. The van der Waals surface area contributed by atoms with Crippen LogP contribution in [0.4, 0.5) is 0 Å². The van der Waals surface area contributed by atoms with E-state index in [1.807, 2.05) is 0 Å². The Bertz CT molecular complexity index is 961. The van der Waals surface area contributed by atoms with Gasteiger partial charge in [0.25, 0.3) is 17.7 Å². The third-order valence-corrected chi connectivity index (χ3v) is 5.99. The fraction of sp³-hybridized carbons (Fsp3) is 0.476. The number of rotatable bonds is 5. The monoisotopic (exact) mass is 428 g/mol. The fourth-order valence-corrected chi connectivity index (χ4v) is 4.32. The molecule has 0 aliphatic carbocycles. The first-order valence-electron chi connectivity index (χ1n) is 10.4. The molecule has 2 unspecified atom stereocenters. The molecule has 1 aromatic rings. The summed E-state index contributed by atoms with van der Waals surface area (Å²) >= 11 is 0. The van der Waals surface area contributed by atoms with Gasteiger partial charge in [0, 0.05) is 19.5 Å². The van der Waals surface area contributed by atoms with Crippen molar-refractivity contribution >= 4 is 29.5 Å². The van der Waals surface area contributed by atoms with Crippen LogP contribution in [0.2, 0.25) is 0 Å². The van der Waals surface area contributed by atoms with Gasteiger partial charge in [0.1, 0.15) is 11.8 Å². The number of fused-ring (bicyclic) bond motifs is 1. The van der Waals surface area contributed by atoms with E-state index in [-0.39, 0.29) is 48.2 Å². The highest BCUT2D eigenvalue weighted by atomic mass is 16.5. The molecule has 31 heavy (non-hydrogen) atoms. The van der Waals surface area contributed by atoms with Crippen LogP contribution in [0.25, 0.3) is 0 Å². The number of nitrogens with zero attached hydrogens (tertiary/aromatic N) is 2. The summed E-state index contributed by atoms with van der Waals surface area (Å²) in [6.07, 6.45) is 1.98. The molecule has 164 valence electrons. The van der Waals surface area contributed by atoms with Gasteiger partial charge in [-0.05, 0) is 43.9 Å². The number of hydrogen-bond acceptors (Lipinski definition) is 7. The molecule has 0 spiro atoms. The van der Waals surface area contributed by atoms with E-state index in [4.69, 9.17) is 10.5 Å². The Morgan fingerprint density at radius 2 is 1.97 bits per heavy atom. The molecule has 0 radical (unpaired) electrons. The quantitative estimate of drug-likeness (QED) is 0.612. The summed E-state index contributed by atoms with van der Waals surface area (Å²) in [7, 11) is 0. The lowest BCUT2D eigenvalue weighted by Gasteiger charge is -2.32. The highest BCUT2D eigenvalue weighted by Crippen LogP contribution is 2.33. The summed E-state index contributed by atoms with van der Waals surface area (Å²) in [5, 5.41) is 2.16. The molecule has 0 bridgehead atoms. The van der Waals surface area contributed by atoms with Crippen LogP contribution in [-0.4, -0.2) is 71.6 Å². The van der Waals surface area contributed by atoms with Crippen molar-refractivity contribution in [2.45, 2.75) is 31.7 Å². The molecule has 5 amide bonds. The minimum atomic E-state index is -1.05. The molecule has 1 aromatic carbocycles. The van der Waals surface area contributed by atoms with Gasteiger partial charge in [-0.3, -0.25) is 34.2 Å². The lowest BCUT2D eigenvalue weighted by atomic mass is 9.98.